The highest BCUT2D eigenvalue weighted by molar-refractivity contribution is 7.14. The van der Waals surface area contributed by atoms with Crippen molar-refractivity contribution in [3.05, 3.63) is 11.1 Å². The van der Waals surface area contributed by atoms with E-state index >= 15 is 0 Å². The van der Waals surface area contributed by atoms with Crippen LogP contribution in [0.5, 0.6) is 0 Å². The second-order valence-corrected chi connectivity index (χ2v) is 3.40. The van der Waals surface area contributed by atoms with E-state index in [0.717, 1.165) is 5.69 Å². The van der Waals surface area contributed by atoms with Crippen molar-refractivity contribution in [2.75, 3.05) is 11.4 Å². The molecule has 1 amide bonds. The molecule has 4 nitrogen and oxygen atoms in total. The molecule has 0 atom stereocenters. The number of anilines is 1. The summed E-state index contributed by atoms with van der Waals surface area (Å²) in [4.78, 5) is 26.8. The van der Waals surface area contributed by atoms with Gasteiger partial charge in [-0.2, -0.15) is 0 Å². The first-order chi connectivity index (χ1) is 6.15. The minimum absolute atomic E-state index is 0.0717. The van der Waals surface area contributed by atoms with E-state index in [2.05, 4.69) is 4.98 Å². The van der Waals surface area contributed by atoms with Crippen molar-refractivity contribution in [1.82, 2.24) is 4.98 Å². The molecule has 0 saturated carbocycles. The summed E-state index contributed by atoms with van der Waals surface area (Å²) in [6, 6.07) is 0. The maximum absolute atomic E-state index is 11.1. The van der Waals surface area contributed by atoms with Crippen LogP contribution in [0.25, 0.3) is 0 Å². The maximum atomic E-state index is 11.1. The van der Waals surface area contributed by atoms with Gasteiger partial charge in [0, 0.05) is 12.3 Å². The minimum Gasteiger partial charge on any atom is -0.301 e. The van der Waals surface area contributed by atoms with Gasteiger partial charge in [0.15, 0.2) is 5.13 Å². The average molecular weight is 198 g/mol. The van der Waals surface area contributed by atoms with Gasteiger partial charge in [0.2, 0.25) is 5.91 Å². The van der Waals surface area contributed by atoms with E-state index < -0.39 is 0 Å². The Balaban J connectivity index is 2.87. The monoisotopic (exact) mass is 198 g/mol. The third-order valence-electron chi connectivity index (χ3n) is 1.48. The average Bonchev–Trinajstić information content (AvgIpc) is 2.46. The number of hydrogen-bond donors (Lipinski definition) is 0. The molecule has 0 spiro atoms. The van der Waals surface area contributed by atoms with Crippen molar-refractivity contribution in [3.8, 4) is 0 Å². The van der Waals surface area contributed by atoms with Gasteiger partial charge in [0.1, 0.15) is 6.29 Å². The van der Waals surface area contributed by atoms with Gasteiger partial charge >= 0.3 is 0 Å². The molecule has 0 N–H and O–H groups in total. The van der Waals surface area contributed by atoms with Crippen LogP contribution in [-0.4, -0.2) is 23.7 Å². The zero-order valence-electron chi connectivity index (χ0n) is 7.48. The second kappa shape index (κ2) is 4.13. The third kappa shape index (κ3) is 2.35. The number of aromatic nitrogens is 1. The molecule has 0 saturated heterocycles. The molecule has 0 aliphatic rings. The maximum Gasteiger partial charge on any atom is 0.226 e. The number of carbonyl (C=O) groups excluding carboxylic acids is 2. The van der Waals surface area contributed by atoms with Gasteiger partial charge in [-0.3, -0.25) is 9.69 Å². The number of carbonyl (C=O) groups is 2. The summed E-state index contributed by atoms with van der Waals surface area (Å²) >= 11 is 1.36. The summed E-state index contributed by atoms with van der Waals surface area (Å²) < 4.78 is 0. The SMILES string of the molecule is CC(=O)N(CC=O)c1nc(C)cs1. The molecule has 1 aromatic rings. The molecule has 1 aromatic heterocycles. The summed E-state index contributed by atoms with van der Waals surface area (Å²) in [5.74, 6) is -0.165. The van der Waals surface area contributed by atoms with Gasteiger partial charge in [-0.25, -0.2) is 4.98 Å². The Morgan fingerprint density at radius 1 is 1.77 bits per heavy atom. The van der Waals surface area contributed by atoms with Crippen LogP contribution >= 0.6 is 11.3 Å². The summed E-state index contributed by atoms with van der Waals surface area (Å²) in [5.41, 5.74) is 0.858. The quantitative estimate of drug-likeness (QED) is 0.681. The fraction of sp³-hybridized carbons (Fsp3) is 0.375. The lowest BCUT2D eigenvalue weighted by Gasteiger charge is -2.13. The topological polar surface area (TPSA) is 50.3 Å². The number of hydrogen-bond acceptors (Lipinski definition) is 4. The van der Waals surface area contributed by atoms with Crippen LogP contribution in [-0.2, 0) is 9.59 Å². The number of thiazole rings is 1. The number of rotatable bonds is 3. The first-order valence-electron chi connectivity index (χ1n) is 3.79. The molecule has 1 rings (SSSR count). The fourth-order valence-corrected chi connectivity index (χ4v) is 1.74. The minimum atomic E-state index is -0.165. The standard InChI is InChI=1S/C8H10N2O2S/c1-6-5-13-8(9-6)10(3-4-11)7(2)12/h4-5H,3H2,1-2H3. The Morgan fingerprint density at radius 3 is 2.85 bits per heavy atom. The zero-order chi connectivity index (χ0) is 9.84. The van der Waals surface area contributed by atoms with E-state index in [1.165, 1.54) is 23.2 Å². The van der Waals surface area contributed by atoms with Crippen LogP contribution in [0.2, 0.25) is 0 Å². The van der Waals surface area contributed by atoms with Gasteiger partial charge < -0.3 is 4.79 Å². The van der Waals surface area contributed by atoms with Crippen molar-refractivity contribution >= 4 is 28.7 Å². The Morgan fingerprint density at radius 2 is 2.46 bits per heavy atom. The molecular formula is C8H10N2O2S. The van der Waals surface area contributed by atoms with Crippen molar-refractivity contribution in [2.24, 2.45) is 0 Å². The Labute approximate surface area is 80.2 Å². The predicted octanol–water partition coefficient (Wildman–Crippen LogP) is 1.00. The molecule has 0 aliphatic heterocycles. The largest absolute Gasteiger partial charge is 0.301 e. The summed E-state index contributed by atoms with van der Waals surface area (Å²) in [6.07, 6.45) is 0.693. The van der Waals surface area contributed by atoms with Crippen molar-refractivity contribution in [3.63, 3.8) is 0 Å². The molecule has 0 radical (unpaired) electrons. The molecule has 0 bridgehead atoms. The van der Waals surface area contributed by atoms with E-state index in [1.807, 2.05) is 12.3 Å². The van der Waals surface area contributed by atoms with Crippen molar-refractivity contribution < 1.29 is 9.59 Å². The van der Waals surface area contributed by atoms with Crippen LogP contribution in [0.1, 0.15) is 12.6 Å². The molecule has 0 aliphatic carbocycles. The van der Waals surface area contributed by atoms with Gasteiger partial charge in [0.05, 0.1) is 12.2 Å². The lowest BCUT2D eigenvalue weighted by atomic mass is 10.5. The lowest BCUT2D eigenvalue weighted by molar-refractivity contribution is -0.118. The number of aryl methyl sites for hydroxylation is 1. The van der Waals surface area contributed by atoms with E-state index in [4.69, 9.17) is 0 Å². The van der Waals surface area contributed by atoms with Crippen LogP contribution in [0, 0.1) is 6.92 Å². The van der Waals surface area contributed by atoms with Gasteiger partial charge in [0.25, 0.3) is 0 Å². The van der Waals surface area contributed by atoms with Crippen LogP contribution in [0.3, 0.4) is 0 Å². The highest BCUT2D eigenvalue weighted by Crippen LogP contribution is 2.19. The van der Waals surface area contributed by atoms with Crippen LogP contribution < -0.4 is 4.90 Å². The second-order valence-electron chi connectivity index (χ2n) is 2.57. The van der Waals surface area contributed by atoms with Crippen LogP contribution in [0.15, 0.2) is 5.38 Å². The molecular weight excluding hydrogens is 188 g/mol. The molecule has 0 fully saturated rings. The van der Waals surface area contributed by atoms with Gasteiger partial charge in [-0.15, -0.1) is 11.3 Å². The Kier molecular flexibility index (Phi) is 3.13. The lowest BCUT2D eigenvalue weighted by Crippen LogP contribution is -2.30. The molecule has 70 valence electrons. The first kappa shape index (κ1) is 9.85. The number of aldehydes is 1. The zero-order valence-corrected chi connectivity index (χ0v) is 8.30. The Bertz CT molecular complexity index is 322. The fourth-order valence-electron chi connectivity index (χ4n) is 0.881. The number of nitrogens with zero attached hydrogens (tertiary/aromatic N) is 2. The smallest absolute Gasteiger partial charge is 0.226 e. The molecule has 13 heavy (non-hydrogen) atoms. The number of amides is 1. The first-order valence-corrected chi connectivity index (χ1v) is 4.67. The van der Waals surface area contributed by atoms with E-state index in [0.29, 0.717) is 11.4 Å². The molecule has 1 heterocycles. The van der Waals surface area contributed by atoms with Gasteiger partial charge in [-0.05, 0) is 6.92 Å². The normalized spacial score (nSPS) is 9.69. The van der Waals surface area contributed by atoms with Crippen molar-refractivity contribution in [2.45, 2.75) is 13.8 Å². The highest BCUT2D eigenvalue weighted by atomic mass is 32.1. The van der Waals surface area contributed by atoms with Crippen LogP contribution in [0.4, 0.5) is 5.13 Å². The van der Waals surface area contributed by atoms with Crippen molar-refractivity contribution in [1.29, 1.82) is 0 Å². The third-order valence-corrected chi connectivity index (χ3v) is 2.46. The molecule has 0 unspecified atom stereocenters. The highest BCUT2D eigenvalue weighted by Gasteiger charge is 2.13. The van der Waals surface area contributed by atoms with E-state index in [1.54, 1.807) is 0 Å². The summed E-state index contributed by atoms with van der Waals surface area (Å²) in [5, 5.41) is 2.42. The molecule has 0 aromatic carbocycles. The predicted molar refractivity (Wildman–Crippen MR) is 50.9 cm³/mol. The summed E-state index contributed by atoms with van der Waals surface area (Å²) in [7, 11) is 0. The van der Waals surface area contributed by atoms with Gasteiger partial charge in [-0.1, -0.05) is 0 Å². The van der Waals surface area contributed by atoms with E-state index in [9.17, 15) is 9.59 Å². The van der Waals surface area contributed by atoms with E-state index in [-0.39, 0.29) is 12.5 Å². The Hall–Kier alpha value is -1.23. The summed E-state index contributed by atoms with van der Waals surface area (Å²) in [6.45, 7) is 3.34. The molecule has 5 heteroatoms.